The van der Waals surface area contributed by atoms with E-state index in [1.807, 2.05) is 10.3 Å². The lowest BCUT2D eigenvalue weighted by molar-refractivity contribution is -0.217. The van der Waals surface area contributed by atoms with E-state index in [1.165, 1.54) is 17.4 Å². The van der Waals surface area contributed by atoms with Crippen LogP contribution in [0.5, 0.6) is 0 Å². The predicted octanol–water partition coefficient (Wildman–Crippen LogP) is 2.84. The average molecular weight is 595 g/mol. The molecule has 6 aliphatic rings. The molecule has 2 saturated heterocycles. The van der Waals surface area contributed by atoms with Gasteiger partial charge >= 0.3 is 12.0 Å². The van der Waals surface area contributed by atoms with E-state index in [9.17, 15) is 19.1 Å². The first-order valence-electron chi connectivity index (χ1n) is 14.6. The SMILES string of the molecule is CCOC(=O)C1=C(CN2CCN3C(=O)N(C45CC(CO)(C4)C5)C[C@@H]3C2)NC(c2nccs2)=N[C@H]1c1cccc(F)c1C. The molecule has 42 heavy (non-hydrogen) atoms. The number of hydrogen-bond acceptors (Lipinski definition) is 9. The van der Waals surface area contributed by atoms with Crippen LogP contribution in [-0.4, -0.2) is 100 Å². The highest BCUT2D eigenvalue weighted by molar-refractivity contribution is 7.11. The van der Waals surface area contributed by atoms with Crippen molar-refractivity contribution in [1.29, 1.82) is 0 Å². The van der Waals surface area contributed by atoms with Crippen LogP contribution in [0.15, 0.2) is 46.0 Å². The molecular formula is C30H35FN6O4S. The fraction of sp³-hybridized carbons (Fsp3) is 0.533. The van der Waals surface area contributed by atoms with E-state index < -0.39 is 12.0 Å². The van der Waals surface area contributed by atoms with Gasteiger partial charge in [0.05, 0.1) is 18.2 Å². The van der Waals surface area contributed by atoms with Gasteiger partial charge in [0.15, 0.2) is 10.8 Å². The Balaban J connectivity index is 1.18. The number of fused-ring (bicyclic) bond motifs is 1. The third kappa shape index (κ3) is 4.25. The molecule has 222 valence electrons. The summed E-state index contributed by atoms with van der Waals surface area (Å²) in [5.41, 5.74) is 2.00. The smallest absolute Gasteiger partial charge is 0.338 e. The lowest BCUT2D eigenvalue weighted by Gasteiger charge is -2.72. The number of aliphatic hydroxyl groups excluding tert-OH is 1. The summed E-state index contributed by atoms with van der Waals surface area (Å²) in [6, 6.07) is 4.24. The van der Waals surface area contributed by atoms with Gasteiger partial charge in [0, 0.05) is 67.6 Å². The van der Waals surface area contributed by atoms with Crippen LogP contribution in [0.3, 0.4) is 0 Å². The number of urea groups is 1. The monoisotopic (exact) mass is 594 g/mol. The molecule has 0 unspecified atom stereocenters. The summed E-state index contributed by atoms with van der Waals surface area (Å²) in [4.78, 5) is 42.5. The molecule has 2 bridgehead atoms. The van der Waals surface area contributed by atoms with Gasteiger partial charge in [0.2, 0.25) is 0 Å². The highest BCUT2D eigenvalue weighted by Crippen LogP contribution is 2.70. The lowest BCUT2D eigenvalue weighted by atomic mass is 9.39. The zero-order chi connectivity index (χ0) is 29.2. The summed E-state index contributed by atoms with van der Waals surface area (Å²) in [6.45, 7) is 6.86. The molecular weight excluding hydrogens is 559 g/mol. The fourth-order valence-corrected chi connectivity index (χ4v) is 8.28. The number of nitrogens with zero attached hydrogens (tertiary/aromatic N) is 5. The van der Waals surface area contributed by atoms with Gasteiger partial charge in [-0.25, -0.2) is 19.0 Å². The van der Waals surface area contributed by atoms with Gasteiger partial charge < -0.3 is 25.0 Å². The third-order valence-electron chi connectivity index (χ3n) is 9.70. The summed E-state index contributed by atoms with van der Waals surface area (Å²) in [5.74, 6) is -0.316. The first-order valence-corrected chi connectivity index (χ1v) is 15.5. The number of thiazole rings is 1. The van der Waals surface area contributed by atoms with Crippen LogP contribution in [-0.2, 0) is 9.53 Å². The molecule has 3 aliphatic heterocycles. The molecule has 0 radical (unpaired) electrons. The number of aliphatic imine (C=N–C) groups is 1. The summed E-state index contributed by atoms with van der Waals surface area (Å²) >= 11 is 1.43. The van der Waals surface area contributed by atoms with Crippen molar-refractivity contribution in [2.24, 2.45) is 10.4 Å². The number of piperazine rings is 1. The van der Waals surface area contributed by atoms with Gasteiger partial charge in [-0.1, -0.05) is 12.1 Å². The number of rotatable bonds is 8. The van der Waals surface area contributed by atoms with E-state index in [1.54, 1.807) is 32.2 Å². The molecule has 0 spiro atoms. The Morgan fingerprint density at radius 2 is 2.07 bits per heavy atom. The Morgan fingerprint density at radius 3 is 2.79 bits per heavy atom. The maximum Gasteiger partial charge on any atom is 0.338 e. The van der Waals surface area contributed by atoms with Crippen molar-refractivity contribution in [3.05, 3.63) is 63.0 Å². The third-order valence-corrected chi connectivity index (χ3v) is 10.5. The maximum atomic E-state index is 14.7. The van der Waals surface area contributed by atoms with Crippen molar-refractivity contribution in [2.75, 3.05) is 45.9 Å². The van der Waals surface area contributed by atoms with Gasteiger partial charge in [0.25, 0.3) is 0 Å². The normalized spacial score (nSPS) is 30.4. The number of hydrogen-bond donors (Lipinski definition) is 2. The Bertz CT molecular complexity index is 1470. The summed E-state index contributed by atoms with van der Waals surface area (Å²) < 4.78 is 20.2. The first kappa shape index (κ1) is 27.5. The molecule has 5 fully saturated rings. The number of aliphatic hydroxyl groups is 1. The van der Waals surface area contributed by atoms with Crippen molar-refractivity contribution < 1.29 is 23.8 Å². The van der Waals surface area contributed by atoms with Crippen molar-refractivity contribution in [1.82, 2.24) is 25.0 Å². The van der Waals surface area contributed by atoms with Gasteiger partial charge in [-0.2, -0.15) is 0 Å². The molecule has 10 nitrogen and oxygen atoms in total. The van der Waals surface area contributed by atoms with E-state index in [4.69, 9.17) is 9.73 Å². The predicted molar refractivity (Wildman–Crippen MR) is 154 cm³/mol. The minimum absolute atomic E-state index is 0.0330. The number of nitrogens with one attached hydrogen (secondary N) is 1. The van der Waals surface area contributed by atoms with Gasteiger partial charge in [-0.05, 0) is 50.3 Å². The Morgan fingerprint density at radius 1 is 1.26 bits per heavy atom. The second kappa shape index (κ2) is 10.1. The Labute approximate surface area is 247 Å². The van der Waals surface area contributed by atoms with Gasteiger partial charge in [-0.15, -0.1) is 11.3 Å². The quantitative estimate of drug-likeness (QED) is 0.453. The molecule has 2 amide bonds. The van der Waals surface area contributed by atoms with E-state index in [0.29, 0.717) is 66.0 Å². The number of benzene rings is 1. The maximum absolute atomic E-state index is 14.7. The number of carbonyl (C=O) groups is 2. The van der Waals surface area contributed by atoms with Crippen molar-refractivity contribution in [2.45, 2.75) is 50.7 Å². The van der Waals surface area contributed by atoms with E-state index in [-0.39, 0.29) is 42.1 Å². The van der Waals surface area contributed by atoms with Crippen LogP contribution in [0.1, 0.15) is 48.4 Å². The number of esters is 1. The van der Waals surface area contributed by atoms with Crippen LogP contribution in [0.2, 0.25) is 0 Å². The number of aromatic nitrogens is 1. The van der Waals surface area contributed by atoms with E-state index in [0.717, 1.165) is 19.3 Å². The van der Waals surface area contributed by atoms with Gasteiger partial charge in [0.1, 0.15) is 11.9 Å². The molecule has 4 heterocycles. The van der Waals surface area contributed by atoms with Crippen LogP contribution in [0.25, 0.3) is 0 Å². The average Bonchev–Trinajstić information content (AvgIpc) is 3.58. The molecule has 12 heteroatoms. The molecule has 3 saturated carbocycles. The molecule has 3 aliphatic carbocycles. The largest absolute Gasteiger partial charge is 0.463 e. The molecule has 2 atom stereocenters. The second-order valence-electron chi connectivity index (χ2n) is 12.3. The van der Waals surface area contributed by atoms with E-state index in [2.05, 4.69) is 20.1 Å². The molecule has 1 aromatic heterocycles. The lowest BCUT2D eigenvalue weighted by Crippen LogP contribution is -2.76. The van der Waals surface area contributed by atoms with Gasteiger partial charge in [-0.3, -0.25) is 9.89 Å². The number of carbonyl (C=O) groups excluding carboxylic acids is 2. The van der Waals surface area contributed by atoms with Crippen LogP contribution < -0.4 is 5.32 Å². The molecule has 2 N–H and O–H groups in total. The first-order chi connectivity index (χ1) is 20.3. The number of halogens is 1. The zero-order valence-corrected chi connectivity index (χ0v) is 24.6. The number of amidine groups is 1. The van der Waals surface area contributed by atoms with E-state index >= 15 is 0 Å². The standard InChI is InChI=1S/C30H35FN6O4S/c1-3-41-27(39)23-22(33-25(26-32-7-10-42-26)34-24(23)20-5-4-6-21(31)18(20)2)13-35-8-9-36-19(11-35)12-37(28(36)40)30-14-29(15-30,16-30)17-38/h4-7,10,19,24,38H,3,8-9,11-17H2,1-2H3,(H,33,34)/t19-,24-,29?,30?/m0/s1. The fourth-order valence-electron chi connectivity index (χ4n) is 7.69. The summed E-state index contributed by atoms with van der Waals surface area (Å²) in [6.07, 6.45) is 4.39. The van der Waals surface area contributed by atoms with Crippen LogP contribution in [0.4, 0.5) is 9.18 Å². The van der Waals surface area contributed by atoms with Crippen molar-refractivity contribution in [3.63, 3.8) is 0 Å². The van der Waals surface area contributed by atoms with Crippen LogP contribution in [0, 0.1) is 18.2 Å². The minimum Gasteiger partial charge on any atom is -0.463 e. The molecule has 1 aromatic carbocycles. The molecule has 8 rings (SSSR count). The number of ether oxygens (including phenoxy) is 1. The Kier molecular flexibility index (Phi) is 6.63. The highest BCUT2D eigenvalue weighted by Gasteiger charge is 2.72. The Hall–Kier alpha value is -3.35. The number of amides is 2. The highest BCUT2D eigenvalue weighted by atomic mass is 32.1. The van der Waals surface area contributed by atoms with Crippen LogP contribution >= 0.6 is 11.3 Å². The second-order valence-corrected chi connectivity index (χ2v) is 13.2. The van der Waals surface area contributed by atoms with Crippen molar-refractivity contribution in [3.8, 4) is 0 Å². The molecule has 2 aromatic rings. The van der Waals surface area contributed by atoms with Crippen molar-refractivity contribution >= 4 is 29.2 Å². The summed E-state index contributed by atoms with van der Waals surface area (Å²) in [7, 11) is 0. The minimum atomic E-state index is -0.761. The topological polar surface area (TPSA) is 111 Å². The zero-order valence-electron chi connectivity index (χ0n) is 23.8. The summed E-state index contributed by atoms with van der Waals surface area (Å²) in [5, 5.41) is 15.6.